The van der Waals surface area contributed by atoms with Crippen molar-refractivity contribution < 1.29 is 14.6 Å². The van der Waals surface area contributed by atoms with Gasteiger partial charge in [-0.25, -0.2) is 0 Å². The zero-order valence-electron chi connectivity index (χ0n) is 17.3. The normalized spacial score (nSPS) is 64.0. The molecule has 10 atom stereocenters. The topological polar surface area (TPSA) is 73.6 Å². The van der Waals surface area contributed by atoms with Gasteiger partial charge in [0, 0.05) is 5.41 Å². The molecule has 0 amide bonds. The largest absolute Gasteiger partial charge is 0.390 e. The molecular formula is C23H33NO3. The van der Waals surface area contributed by atoms with Gasteiger partial charge in [0.1, 0.15) is 11.5 Å². The third-order valence-corrected chi connectivity index (χ3v) is 10.6. The summed E-state index contributed by atoms with van der Waals surface area (Å²) in [6.07, 6.45) is 5.82. The molecular weight excluding hydrogens is 338 g/mol. The fourth-order valence-corrected chi connectivity index (χ4v) is 9.08. The van der Waals surface area contributed by atoms with Crippen molar-refractivity contribution >= 4 is 5.78 Å². The molecule has 0 unspecified atom stereocenters. The number of aliphatic hydroxyl groups is 1. The lowest BCUT2D eigenvalue weighted by Crippen LogP contribution is -2.65. The summed E-state index contributed by atoms with van der Waals surface area (Å²) in [5.74, 6) is 1.35. The highest BCUT2D eigenvalue weighted by Crippen LogP contribution is 2.77. The third-order valence-electron chi connectivity index (χ3n) is 10.6. The molecule has 0 aromatic heterocycles. The molecule has 0 radical (unpaired) electrons. The van der Waals surface area contributed by atoms with Crippen LogP contribution in [0, 0.1) is 51.8 Å². The van der Waals surface area contributed by atoms with Gasteiger partial charge in [-0.05, 0) is 81.5 Å². The van der Waals surface area contributed by atoms with Gasteiger partial charge < -0.3 is 9.84 Å². The molecule has 1 heterocycles. The second-order valence-corrected chi connectivity index (χ2v) is 11.3. The molecule has 1 N–H and O–H groups in total. The summed E-state index contributed by atoms with van der Waals surface area (Å²) in [5, 5.41) is 20.8. The maximum atomic E-state index is 13.0. The molecule has 27 heavy (non-hydrogen) atoms. The summed E-state index contributed by atoms with van der Waals surface area (Å²) >= 11 is 0. The Balaban J connectivity index is 1.59. The zero-order chi connectivity index (χ0) is 19.6. The van der Waals surface area contributed by atoms with E-state index in [1.165, 1.54) is 0 Å². The van der Waals surface area contributed by atoms with E-state index in [0.717, 1.165) is 32.1 Å². The van der Waals surface area contributed by atoms with E-state index in [1.54, 1.807) is 0 Å². The van der Waals surface area contributed by atoms with E-state index in [2.05, 4.69) is 26.8 Å². The highest BCUT2D eigenvalue weighted by atomic mass is 16.6. The zero-order valence-corrected chi connectivity index (χ0v) is 17.3. The molecule has 148 valence electrons. The fourth-order valence-electron chi connectivity index (χ4n) is 9.08. The molecule has 5 fully saturated rings. The number of ether oxygens (including phenoxy) is 1. The maximum absolute atomic E-state index is 13.0. The predicted octanol–water partition coefficient (Wildman–Crippen LogP) is 3.87. The quantitative estimate of drug-likeness (QED) is 0.656. The van der Waals surface area contributed by atoms with Crippen molar-refractivity contribution in [2.24, 2.45) is 40.4 Å². The second kappa shape index (κ2) is 4.79. The number of rotatable bonds is 0. The molecule has 5 aliphatic rings. The van der Waals surface area contributed by atoms with E-state index >= 15 is 0 Å². The standard InChI is InChI=1S/C23H33NO3/c1-13-10-15-16-7-9-21(4,26)19(16,2)8-6-17(15)20(3)11-14(12-24)18(25)22(5)23(13,20)27-22/h13-17,26H,6-11H2,1-5H3/t13-,14+,15+,16+,17+,19+,20-,21+,22-,23+/m1/s1. The van der Waals surface area contributed by atoms with Crippen LogP contribution in [0.15, 0.2) is 0 Å². The number of carbonyl (C=O) groups is 1. The summed E-state index contributed by atoms with van der Waals surface area (Å²) < 4.78 is 6.39. The summed E-state index contributed by atoms with van der Waals surface area (Å²) in [6, 6.07) is 2.30. The Hall–Kier alpha value is -0.920. The SMILES string of the molecule is C[C@@H]1C[C@H]2[C@@H]3CC[C@](C)(O)[C@@]3(C)CC[C@@H]2[C@@]2(C)C[C@@H](C#N)C(=O)[C@@]3(C)O[C@]132. The van der Waals surface area contributed by atoms with Crippen molar-refractivity contribution in [3.8, 4) is 6.07 Å². The first-order chi connectivity index (χ1) is 12.5. The van der Waals surface area contributed by atoms with Crippen LogP contribution >= 0.6 is 0 Å². The number of nitriles is 1. The number of ketones is 1. The smallest absolute Gasteiger partial charge is 0.184 e. The van der Waals surface area contributed by atoms with E-state index in [9.17, 15) is 15.2 Å². The van der Waals surface area contributed by atoms with Crippen LogP contribution in [0.1, 0.15) is 73.1 Å². The molecule has 5 rings (SSSR count). The van der Waals surface area contributed by atoms with Crippen LogP contribution in [-0.4, -0.2) is 27.7 Å². The van der Waals surface area contributed by atoms with Gasteiger partial charge in [-0.1, -0.05) is 20.8 Å². The first kappa shape index (κ1) is 18.1. The number of fused-ring (bicyclic) bond motifs is 4. The molecule has 0 aromatic rings. The monoisotopic (exact) mass is 371 g/mol. The Labute approximate surface area is 162 Å². The Morgan fingerprint density at radius 2 is 1.74 bits per heavy atom. The van der Waals surface area contributed by atoms with Crippen LogP contribution in [-0.2, 0) is 9.53 Å². The highest BCUT2D eigenvalue weighted by Gasteiger charge is 2.86. The molecule has 4 nitrogen and oxygen atoms in total. The molecule has 4 heteroatoms. The highest BCUT2D eigenvalue weighted by molar-refractivity contribution is 5.96. The van der Waals surface area contributed by atoms with Crippen molar-refractivity contribution in [3.63, 3.8) is 0 Å². The van der Waals surface area contributed by atoms with E-state index < -0.39 is 17.1 Å². The van der Waals surface area contributed by atoms with Crippen molar-refractivity contribution in [2.75, 3.05) is 0 Å². The number of hydrogen-bond donors (Lipinski definition) is 1. The molecule has 4 saturated carbocycles. The number of carbonyl (C=O) groups excluding carboxylic acids is 1. The van der Waals surface area contributed by atoms with E-state index in [4.69, 9.17) is 4.74 Å². The second-order valence-electron chi connectivity index (χ2n) is 11.3. The molecule has 1 aliphatic heterocycles. The fraction of sp³-hybridized carbons (Fsp3) is 0.913. The van der Waals surface area contributed by atoms with Crippen LogP contribution in [0.3, 0.4) is 0 Å². The summed E-state index contributed by atoms with van der Waals surface area (Å²) in [6.45, 7) is 10.9. The molecule has 1 spiro atoms. The maximum Gasteiger partial charge on any atom is 0.184 e. The molecule has 1 saturated heterocycles. The third kappa shape index (κ3) is 1.68. The summed E-state index contributed by atoms with van der Waals surface area (Å²) in [4.78, 5) is 13.0. The number of nitrogens with zero attached hydrogens (tertiary/aromatic N) is 1. The predicted molar refractivity (Wildman–Crippen MR) is 101 cm³/mol. The first-order valence-electron chi connectivity index (χ1n) is 10.8. The van der Waals surface area contributed by atoms with Crippen LogP contribution in [0.5, 0.6) is 0 Å². The van der Waals surface area contributed by atoms with Gasteiger partial charge in [0.25, 0.3) is 0 Å². The minimum atomic E-state index is -0.771. The Morgan fingerprint density at radius 1 is 1.11 bits per heavy atom. The van der Waals surface area contributed by atoms with E-state index in [1.807, 2.05) is 13.8 Å². The average Bonchev–Trinajstić information content (AvgIpc) is 3.19. The van der Waals surface area contributed by atoms with E-state index in [0.29, 0.717) is 30.1 Å². The Kier molecular flexibility index (Phi) is 3.22. The van der Waals surface area contributed by atoms with Crippen molar-refractivity contribution in [1.29, 1.82) is 5.26 Å². The van der Waals surface area contributed by atoms with Gasteiger partial charge >= 0.3 is 0 Å². The Morgan fingerprint density at radius 3 is 2.41 bits per heavy atom. The average molecular weight is 372 g/mol. The van der Waals surface area contributed by atoms with Gasteiger partial charge in [-0.15, -0.1) is 0 Å². The summed E-state index contributed by atoms with van der Waals surface area (Å²) in [5.41, 5.74) is -1.88. The first-order valence-corrected chi connectivity index (χ1v) is 10.8. The van der Waals surface area contributed by atoms with Crippen LogP contribution in [0.2, 0.25) is 0 Å². The lowest BCUT2D eigenvalue weighted by Gasteiger charge is -2.62. The minimum Gasteiger partial charge on any atom is -0.390 e. The number of Topliss-reactive ketones (excluding diaryl/α,β-unsaturated/α-hetero) is 1. The van der Waals surface area contributed by atoms with Gasteiger partial charge in [-0.3, -0.25) is 4.79 Å². The minimum absolute atomic E-state index is 0.0113. The lowest BCUT2D eigenvalue weighted by molar-refractivity contribution is -0.165. The molecule has 0 bridgehead atoms. The lowest BCUT2D eigenvalue weighted by atomic mass is 9.40. The number of hydrogen-bond acceptors (Lipinski definition) is 4. The van der Waals surface area contributed by atoms with Gasteiger partial charge in [0.2, 0.25) is 0 Å². The van der Waals surface area contributed by atoms with Crippen molar-refractivity contribution in [3.05, 3.63) is 0 Å². The van der Waals surface area contributed by atoms with Crippen LogP contribution in [0.25, 0.3) is 0 Å². The van der Waals surface area contributed by atoms with Gasteiger partial charge in [0.15, 0.2) is 11.4 Å². The molecule has 0 aromatic carbocycles. The van der Waals surface area contributed by atoms with Gasteiger partial charge in [0.05, 0.1) is 11.7 Å². The van der Waals surface area contributed by atoms with Gasteiger partial charge in [-0.2, -0.15) is 5.26 Å². The summed E-state index contributed by atoms with van der Waals surface area (Å²) in [7, 11) is 0. The molecule has 4 aliphatic carbocycles. The van der Waals surface area contributed by atoms with Crippen molar-refractivity contribution in [1.82, 2.24) is 0 Å². The van der Waals surface area contributed by atoms with E-state index in [-0.39, 0.29) is 22.2 Å². The van der Waals surface area contributed by atoms with Crippen LogP contribution in [0.4, 0.5) is 0 Å². The van der Waals surface area contributed by atoms with Crippen molar-refractivity contribution in [2.45, 2.75) is 89.9 Å². The van der Waals surface area contributed by atoms with Crippen LogP contribution < -0.4 is 0 Å². The number of epoxide rings is 1. The Bertz CT molecular complexity index is 770.